The third-order valence-electron chi connectivity index (χ3n) is 5.86. The minimum Gasteiger partial charge on any atom is -0.490 e. The van der Waals surface area contributed by atoms with Gasteiger partial charge in [-0.2, -0.15) is 0 Å². The van der Waals surface area contributed by atoms with Crippen LogP contribution < -0.4 is 15.0 Å². The topological polar surface area (TPSA) is 44.8 Å². The van der Waals surface area contributed by atoms with Gasteiger partial charge in [0.2, 0.25) is 5.91 Å². The lowest BCUT2D eigenvalue weighted by Crippen LogP contribution is -2.57. The summed E-state index contributed by atoms with van der Waals surface area (Å²) in [6.45, 7) is -3.55. The number of carbonyl (C=O) groups excluding carboxylic acids is 1. The number of fused-ring (bicyclic) bond motifs is 1. The van der Waals surface area contributed by atoms with Crippen LogP contribution in [0.3, 0.4) is 0 Å². The van der Waals surface area contributed by atoms with Crippen LogP contribution in [0.15, 0.2) is 24.2 Å². The molecule has 2 heterocycles. The maximum absolute atomic E-state index is 12.3. The van der Waals surface area contributed by atoms with Gasteiger partial charge in [0.1, 0.15) is 5.75 Å². The number of hydrogen-bond acceptors (Lipinski definition) is 4. The average Bonchev–Trinajstić information content (AvgIpc) is 3.00. The first-order valence-electron chi connectivity index (χ1n) is 19.7. The van der Waals surface area contributed by atoms with Gasteiger partial charge >= 0.3 is 0 Å². The number of ether oxygens (including phenoxy) is 1. The molecule has 5 atom stereocenters. The van der Waals surface area contributed by atoms with Gasteiger partial charge in [0.15, 0.2) is 0 Å². The number of anilines is 2. The Kier molecular flexibility index (Phi) is 4.30. The summed E-state index contributed by atoms with van der Waals surface area (Å²) < 4.78 is 150. The number of nitrogens with one attached hydrogen (secondary N) is 1. The summed E-state index contributed by atoms with van der Waals surface area (Å²) in [5, 5.41) is 1.73. The summed E-state index contributed by atoms with van der Waals surface area (Å²) in [7, 11) is 0. The highest BCUT2D eigenvalue weighted by Gasteiger charge is 2.32. The molecule has 1 saturated heterocycles. The van der Waals surface area contributed by atoms with Crippen molar-refractivity contribution in [1.29, 1.82) is 0 Å². The number of hydrogen-bond donors (Lipinski definition) is 1. The maximum atomic E-state index is 12.3. The number of carbonyl (C=O) groups is 1. The predicted molar refractivity (Wildman–Crippen MR) is 156 cm³/mol. The van der Waals surface area contributed by atoms with Crippen molar-refractivity contribution in [3.63, 3.8) is 0 Å². The van der Waals surface area contributed by atoms with Gasteiger partial charge < -0.3 is 15.0 Å². The summed E-state index contributed by atoms with van der Waals surface area (Å²) in [5.41, 5.74) is -0.399. The number of benzene rings is 2. The van der Waals surface area contributed by atoms with Gasteiger partial charge in [-0.05, 0) is 75.5 Å². The fourth-order valence-electron chi connectivity index (χ4n) is 4.15. The number of amides is 1. The Hall–Kier alpha value is -1.95. The van der Waals surface area contributed by atoms with Crippen LogP contribution in [0, 0.1) is 19.7 Å². The highest BCUT2D eigenvalue weighted by Crippen LogP contribution is 2.39. The van der Waals surface area contributed by atoms with E-state index in [9.17, 15) is 11.6 Å². The van der Waals surface area contributed by atoms with Crippen LogP contribution in [-0.4, -0.2) is 48.4 Å². The lowest BCUT2D eigenvalue weighted by Gasteiger charge is -2.47. The molecule has 5 unspecified atom stereocenters. The quantitative estimate of drug-likeness (QED) is 0.381. The van der Waals surface area contributed by atoms with Crippen molar-refractivity contribution in [1.82, 2.24) is 4.90 Å². The van der Waals surface area contributed by atoms with E-state index in [2.05, 4.69) is 5.32 Å². The molecule has 4 rings (SSSR count). The minimum atomic E-state index is -3.86. The maximum Gasteiger partial charge on any atom is 0.224 e. The molecule has 202 valence electrons. The molecular formula is C30H41Cl2N3O2. The van der Waals surface area contributed by atoms with Gasteiger partial charge in [-0.1, -0.05) is 49.1 Å². The van der Waals surface area contributed by atoms with E-state index in [0.717, 1.165) is 20.8 Å². The molecule has 0 aromatic heterocycles. The van der Waals surface area contributed by atoms with Crippen LogP contribution in [0.25, 0.3) is 0 Å². The zero-order chi connectivity index (χ0) is 41.4. The highest BCUT2D eigenvalue weighted by atomic mass is 35.5. The van der Waals surface area contributed by atoms with E-state index < -0.39 is 96.3 Å². The molecule has 1 amide bonds. The third-order valence-corrected chi connectivity index (χ3v) is 6.79. The Morgan fingerprint density at radius 1 is 1.19 bits per heavy atom. The molecule has 5 nitrogen and oxygen atoms in total. The van der Waals surface area contributed by atoms with E-state index in [1.165, 1.54) is 13.8 Å². The Labute approximate surface area is 254 Å². The number of rotatable bonds is 7. The molecule has 0 bridgehead atoms. The standard InChI is InChI=1S/C30H41Cl2N3O2/c1-17(10-23(7)37-27-13-25-24(11-20(27)4)19(3)12-28(36)33-25)14-34-15-21(5)35(22(6)16-34)26-9-8-18(2)29(31)30(26)32/h8-9,11,13,17,19,21-23H,10,12,14-16H2,1-7H3,(H,33,36)/i8D,9D,10D2,11D,13D,14D2,15D2,16D2,17D,21D,22D,23D. The molecule has 7 heteroatoms. The Balaban J connectivity index is 1.90. The summed E-state index contributed by atoms with van der Waals surface area (Å²) in [6, 6.07) is -7.87. The second kappa shape index (κ2) is 11.4. The van der Waals surface area contributed by atoms with Crippen molar-refractivity contribution >= 4 is 40.5 Å². The van der Waals surface area contributed by atoms with Crippen LogP contribution in [-0.2, 0) is 4.79 Å². The Bertz CT molecular complexity index is 1830. The smallest absolute Gasteiger partial charge is 0.224 e. The predicted octanol–water partition coefficient (Wildman–Crippen LogP) is 7.45. The zero-order valence-corrected chi connectivity index (χ0v) is 23.3. The van der Waals surface area contributed by atoms with Crippen LogP contribution in [0.4, 0.5) is 11.4 Å². The molecule has 0 spiro atoms. The van der Waals surface area contributed by atoms with Gasteiger partial charge in [0, 0.05) is 62.0 Å². The number of nitrogens with zero attached hydrogens (tertiary/aromatic N) is 2. The molecule has 2 aliphatic heterocycles. The third kappa shape index (κ3) is 6.21. The zero-order valence-electron chi connectivity index (χ0n) is 37.8. The van der Waals surface area contributed by atoms with Crippen molar-refractivity contribution in [2.75, 3.05) is 29.7 Å². The first-order valence-corrected chi connectivity index (χ1v) is 12.5. The summed E-state index contributed by atoms with van der Waals surface area (Å²) in [4.78, 5) is 12.6. The normalized spacial score (nSPS) is 39.3. The van der Waals surface area contributed by atoms with Crippen LogP contribution in [0.2, 0.25) is 10.0 Å². The van der Waals surface area contributed by atoms with Crippen LogP contribution >= 0.6 is 23.2 Å². The lowest BCUT2D eigenvalue weighted by atomic mass is 9.91. The van der Waals surface area contributed by atoms with E-state index in [-0.39, 0.29) is 39.2 Å². The van der Waals surface area contributed by atoms with Crippen LogP contribution in [0.1, 0.15) is 92.0 Å². The van der Waals surface area contributed by atoms with E-state index >= 15 is 0 Å². The minimum absolute atomic E-state index is 0.0149. The van der Waals surface area contributed by atoms with Gasteiger partial charge in [-0.3, -0.25) is 9.69 Å². The molecule has 37 heavy (non-hydrogen) atoms. The first kappa shape index (κ1) is 13.9. The average molecular weight is 563 g/mol. The summed E-state index contributed by atoms with van der Waals surface area (Å²) in [5.74, 6) is -4.85. The van der Waals surface area contributed by atoms with Crippen molar-refractivity contribution in [3.05, 3.63) is 50.9 Å². The van der Waals surface area contributed by atoms with E-state index in [1.807, 2.05) is 0 Å². The number of piperazine rings is 1. The highest BCUT2D eigenvalue weighted by molar-refractivity contribution is 6.44. The second-order valence-corrected chi connectivity index (χ2v) is 9.84. The Morgan fingerprint density at radius 3 is 2.54 bits per heavy atom. The Morgan fingerprint density at radius 2 is 1.86 bits per heavy atom. The van der Waals surface area contributed by atoms with Crippen molar-refractivity contribution < 1.29 is 31.5 Å². The van der Waals surface area contributed by atoms with Gasteiger partial charge in [-0.25, -0.2) is 0 Å². The summed E-state index contributed by atoms with van der Waals surface area (Å²) in [6.07, 6.45) is -6.58. The molecule has 0 radical (unpaired) electrons. The molecule has 1 N–H and O–H groups in total. The van der Waals surface area contributed by atoms with Crippen molar-refractivity contribution in [2.45, 2.75) is 85.3 Å². The molecule has 1 fully saturated rings. The van der Waals surface area contributed by atoms with Gasteiger partial charge in [0.25, 0.3) is 0 Å². The van der Waals surface area contributed by atoms with Crippen molar-refractivity contribution in [3.8, 4) is 5.75 Å². The molecule has 2 aliphatic rings. The lowest BCUT2D eigenvalue weighted by molar-refractivity contribution is -0.116. The molecule has 2 aromatic carbocycles. The fraction of sp³-hybridized carbons (Fsp3) is 0.567. The largest absolute Gasteiger partial charge is 0.490 e. The van der Waals surface area contributed by atoms with Gasteiger partial charge in [0.05, 0.1) is 31.4 Å². The SMILES string of the molecule is [2H]c1c([2H])c(N2C([2H])(C)C([2H])([2H])N(C([2H])([2H])C([2H])(C)C([2H])([2H])C([2H])(C)Oc3c([2H])c4c(c([2H])c3C)C(C)CC(=O)N4)C([2H])([2H])C2([2H])C)c(Cl)c(Cl)c1C. The van der Waals surface area contributed by atoms with Crippen molar-refractivity contribution in [2.24, 2.45) is 5.89 Å². The number of halogens is 2. The molecule has 0 aliphatic carbocycles. The molecule has 2 aromatic rings. The molecular weight excluding hydrogens is 505 g/mol. The summed E-state index contributed by atoms with van der Waals surface area (Å²) >= 11 is 12.8. The van der Waals surface area contributed by atoms with E-state index in [0.29, 0.717) is 17.4 Å². The van der Waals surface area contributed by atoms with E-state index in [4.69, 9.17) is 43.0 Å². The van der Waals surface area contributed by atoms with E-state index in [1.54, 1.807) is 6.92 Å². The fourth-order valence-corrected chi connectivity index (χ4v) is 4.57. The second-order valence-electron chi connectivity index (χ2n) is 9.08. The molecule has 0 saturated carbocycles. The van der Waals surface area contributed by atoms with Crippen LogP contribution in [0.5, 0.6) is 5.75 Å². The monoisotopic (exact) mass is 561 g/mol. The van der Waals surface area contributed by atoms with Gasteiger partial charge in [-0.15, -0.1) is 0 Å². The first-order chi connectivity index (χ1) is 23.5.